The minimum Gasteiger partial charge on any atom is -0.387 e. The Kier molecular flexibility index (Phi) is 5.00. The summed E-state index contributed by atoms with van der Waals surface area (Å²) in [6.45, 7) is 2.37. The van der Waals surface area contributed by atoms with Gasteiger partial charge < -0.3 is 10.0 Å². The van der Waals surface area contributed by atoms with Gasteiger partial charge in [-0.15, -0.1) is 11.3 Å². The fourth-order valence-corrected chi connectivity index (χ4v) is 3.87. The third-order valence-corrected chi connectivity index (χ3v) is 5.56. The minimum atomic E-state index is -2.88. The molecule has 1 unspecified atom stereocenters. The molecule has 1 N–H and O–H groups in total. The van der Waals surface area contributed by atoms with E-state index in [0.29, 0.717) is 12.5 Å². The second-order valence-electron chi connectivity index (χ2n) is 5.27. The molecule has 1 aliphatic rings. The van der Waals surface area contributed by atoms with Crippen molar-refractivity contribution in [1.29, 1.82) is 0 Å². The van der Waals surface area contributed by atoms with Crippen LogP contribution in [0.25, 0.3) is 0 Å². The van der Waals surface area contributed by atoms with Crippen molar-refractivity contribution >= 4 is 21.2 Å². The van der Waals surface area contributed by atoms with Crippen LogP contribution in [0.2, 0.25) is 0 Å². The molecule has 6 heteroatoms. The van der Waals surface area contributed by atoms with Crippen LogP contribution in [0.4, 0.5) is 0 Å². The first-order valence-electron chi connectivity index (χ1n) is 6.57. The average molecular weight is 303 g/mol. The summed E-state index contributed by atoms with van der Waals surface area (Å²) in [6, 6.07) is 3.94. The smallest absolute Gasteiger partial charge is 0.148 e. The summed E-state index contributed by atoms with van der Waals surface area (Å²) < 4.78 is 22.3. The molecule has 0 radical (unpaired) electrons. The molecule has 4 nitrogen and oxygen atoms in total. The largest absolute Gasteiger partial charge is 0.387 e. The van der Waals surface area contributed by atoms with Crippen LogP contribution in [0.15, 0.2) is 17.5 Å². The molecule has 1 fully saturated rings. The third-order valence-electron chi connectivity index (χ3n) is 3.69. The van der Waals surface area contributed by atoms with Gasteiger partial charge in [0.2, 0.25) is 0 Å². The molecule has 0 amide bonds. The number of nitrogens with zero attached hydrogens (tertiary/aromatic N) is 1. The van der Waals surface area contributed by atoms with E-state index in [0.717, 1.165) is 30.8 Å². The summed E-state index contributed by atoms with van der Waals surface area (Å²) in [5.74, 6) is 0.527. The average Bonchev–Trinajstić information content (AvgIpc) is 2.89. The van der Waals surface area contributed by atoms with Gasteiger partial charge in [0.25, 0.3) is 0 Å². The maximum Gasteiger partial charge on any atom is 0.148 e. The summed E-state index contributed by atoms with van der Waals surface area (Å²) in [5, 5.41) is 12.3. The molecule has 0 aliphatic carbocycles. The second kappa shape index (κ2) is 6.35. The summed E-state index contributed by atoms with van der Waals surface area (Å²) >= 11 is 1.60. The fourth-order valence-electron chi connectivity index (χ4n) is 2.48. The number of aliphatic hydroxyl groups excluding tert-OH is 1. The van der Waals surface area contributed by atoms with Crippen molar-refractivity contribution in [3.05, 3.63) is 22.4 Å². The van der Waals surface area contributed by atoms with Crippen molar-refractivity contribution in [1.82, 2.24) is 4.90 Å². The van der Waals surface area contributed by atoms with Crippen molar-refractivity contribution < 1.29 is 13.5 Å². The van der Waals surface area contributed by atoms with Gasteiger partial charge >= 0.3 is 0 Å². The fraction of sp³-hybridized carbons (Fsp3) is 0.692. The van der Waals surface area contributed by atoms with Gasteiger partial charge in [-0.25, -0.2) is 8.42 Å². The highest BCUT2D eigenvalue weighted by molar-refractivity contribution is 7.90. The summed E-state index contributed by atoms with van der Waals surface area (Å²) in [5.41, 5.74) is 0. The van der Waals surface area contributed by atoms with Crippen molar-refractivity contribution in [3.8, 4) is 0 Å². The van der Waals surface area contributed by atoms with Crippen molar-refractivity contribution in [2.45, 2.75) is 18.9 Å². The second-order valence-corrected chi connectivity index (χ2v) is 8.51. The highest BCUT2D eigenvalue weighted by Gasteiger charge is 2.26. The maximum absolute atomic E-state index is 11.1. The molecule has 1 atom stereocenters. The van der Waals surface area contributed by atoms with E-state index < -0.39 is 9.84 Å². The predicted molar refractivity (Wildman–Crippen MR) is 78.2 cm³/mol. The highest BCUT2D eigenvalue weighted by atomic mass is 32.2. The quantitative estimate of drug-likeness (QED) is 0.896. The zero-order valence-corrected chi connectivity index (χ0v) is 12.8. The van der Waals surface area contributed by atoms with Crippen LogP contribution in [0.3, 0.4) is 0 Å². The summed E-state index contributed by atoms with van der Waals surface area (Å²) in [6.07, 6.45) is 2.78. The molecule has 0 spiro atoms. The number of hydrogen-bond acceptors (Lipinski definition) is 5. The molecule has 2 heterocycles. The molecule has 0 bridgehead atoms. The summed E-state index contributed by atoms with van der Waals surface area (Å²) in [4.78, 5) is 3.22. The first kappa shape index (κ1) is 15.0. The van der Waals surface area contributed by atoms with Crippen LogP contribution in [0, 0.1) is 5.92 Å². The van der Waals surface area contributed by atoms with E-state index in [9.17, 15) is 13.5 Å². The van der Waals surface area contributed by atoms with Gasteiger partial charge in [-0.3, -0.25) is 0 Å². The standard InChI is InChI=1S/C13H21NO3S2/c1-19(16,17)10-8-14-6-4-11(5-7-14)13(15)12-3-2-9-18-12/h2-3,9,11,13,15H,4-8,10H2,1H3. The number of sulfone groups is 1. The molecule has 1 aliphatic heterocycles. The monoisotopic (exact) mass is 303 g/mol. The van der Waals surface area contributed by atoms with Gasteiger partial charge in [-0.2, -0.15) is 0 Å². The van der Waals surface area contributed by atoms with Crippen LogP contribution in [0.1, 0.15) is 23.8 Å². The lowest BCUT2D eigenvalue weighted by Gasteiger charge is -2.33. The molecule has 1 aromatic heterocycles. The summed E-state index contributed by atoms with van der Waals surface area (Å²) in [7, 11) is -2.88. The van der Waals surface area contributed by atoms with E-state index in [4.69, 9.17) is 0 Å². The van der Waals surface area contributed by atoms with Crippen LogP contribution in [-0.2, 0) is 9.84 Å². The maximum atomic E-state index is 11.1. The first-order valence-corrected chi connectivity index (χ1v) is 9.51. The Morgan fingerprint density at radius 1 is 1.47 bits per heavy atom. The van der Waals surface area contributed by atoms with E-state index in [-0.39, 0.29) is 11.9 Å². The highest BCUT2D eigenvalue weighted by Crippen LogP contribution is 2.32. The molecule has 19 heavy (non-hydrogen) atoms. The number of aliphatic hydroxyl groups is 1. The van der Waals surface area contributed by atoms with Crippen molar-refractivity contribution in [3.63, 3.8) is 0 Å². The topological polar surface area (TPSA) is 57.6 Å². The van der Waals surface area contributed by atoms with E-state index in [1.807, 2.05) is 17.5 Å². The Hall–Kier alpha value is -0.430. The molecule has 1 saturated heterocycles. The van der Waals surface area contributed by atoms with E-state index in [1.165, 1.54) is 6.26 Å². The van der Waals surface area contributed by atoms with Gasteiger partial charge in [0.15, 0.2) is 0 Å². The van der Waals surface area contributed by atoms with E-state index in [2.05, 4.69) is 4.90 Å². The van der Waals surface area contributed by atoms with Crippen molar-refractivity contribution in [2.75, 3.05) is 31.6 Å². The Bertz CT molecular complexity index is 476. The van der Waals surface area contributed by atoms with Gasteiger partial charge in [0.1, 0.15) is 9.84 Å². The van der Waals surface area contributed by atoms with Crippen LogP contribution in [-0.4, -0.2) is 50.1 Å². The van der Waals surface area contributed by atoms with Gasteiger partial charge in [0, 0.05) is 17.7 Å². The molecular weight excluding hydrogens is 282 g/mol. The van der Waals surface area contributed by atoms with Gasteiger partial charge in [-0.1, -0.05) is 6.07 Å². The molecule has 0 saturated carbocycles. The van der Waals surface area contributed by atoms with Gasteiger partial charge in [-0.05, 0) is 43.3 Å². The van der Waals surface area contributed by atoms with Gasteiger partial charge in [0.05, 0.1) is 11.9 Å². The Morgan fingerprint density at radius 2 is 2.16 bits per heavy atom. The zero-order chi connectivity index (χ0) is 13.9. The van der Waals surface area contributed by atoms with E-state index >= 15 is 0 Å². The first-order chi connectivity index (χ1) is 8.96. The minimum absolute atomic E-state index is 0.227. The Labute approximate surface area is 119 Å². The van der Waals surface area contributed by atoms with Crippen LogP contribution in [0.5, 0.6) is 0 Å². The molecular formula is C13H21NO3S2. The third kappa shape index (κ3) is 4.56. The van der Waals surface area contributed by atoms with Crippen molar-refractivity contribution in [2.24, 2.45) is 5.92 Å². The number of hydrogen-bond donors (Lipinski definition) is 1. The Balaban J connectivity index is 1.79. The number of piperidine rings is 1. The lowest BCUT2D eigenvalue weighted by atomic mass is 9.90. The molecule has 108 valence electrons. The number of thiophene rings is 1. The van der Waals surface area contributed by atoms with Crippen LogP contribution < -0.4 is 0 Å². The normalized spacial score (nSPS) is 20.5. The number of rotatable bonds is 5. The molecule has 1 aromatic rings. The van der Waals surface area contributed by atoms with Crippen LogP contribution >= 0.6 is 11.3 Å². The lowest BCUT2D eigenvalue weighted by Crippen LogP contribution is -2.38. The molecule has 2 rings (SSSR count). The predicted octanol–water partition coefficient (Wildman–Crippen LogP) is 1.54. The van der Waals surface area contributed by atoms with E-state index in [1.54, 1.807) is 11.3 Å². The Morgan fingerprint density at radius 3 is 2.68 bits per heavy atom. The number of likely N-dealkylation sites (tertiary alicyclic amines) is 1. The molecule has 0 aromatic carbocycles. The lowest BCUT2D eigenvalue weighted by molar-refractivity contribution is 0.0630. The zero-order valence-electron chi connectivity index (χ0n) is 11.2. The SMILES string of the molecule is CS(=O)(=O)CCN1CCC(C(O)c2cccs2)CC1.